The topological polar surface area (TPSA) is 30.7 Å². The van der Waals surface area contributed by atoms with Gasteiger partial charge in [-0.25, -0.2) is 0 Å². The van der Waals surface area contributed by atoms with E-state index in [0.29, 0.717) is 0 Å². The number of para-hydroxylation sites is 1. The Kier molecular flexibility index (Phi) is 6.48. The average molecular weight is 738 g/mol. The van der Waals surface area contributed by atoms with Crippen molar-refractivity contribution in [3.63, 3.8) is 0 Å². The molecule has 53 heavy (non-hydrogen) atoms. The van der Waals surface area contributed by atoms with E-state index < -0.39 is 13.3 Å². The van der Waals surface area contributed by atoms with Crippen molar-refractivity contribution in [1.29, 1.82) is 0 Å². The van der Waals surface area contributed by atoms with Crippen molar-refractivity contribution in [2.75, 3.05) is 0 Å². The third-order valence-corrected chi connectivity index (χ3v) is 21.8. The van der Waals surface area contributed by atoms with Crippen LogP contribution in [0, 0.1) is 0 Å². The number of benzene rings is 7. The van der Waals surface area contributed by atoms with Crippen molar-refractivity contribution in [1.82, 2.24) is 14.5 Å². The van der Waals surface area contributed by atoms with Gasteiger partial charge >= 0.3 is 313 Å². The Morgan fingerprint density at radius 1 is 0.491 bits per heavy atom. The predicted molar refractivity (Wildman–Crippen MR) is 222 cm³/mol. The van der Waals surface area contributed by atoms with Crippen molar-refractivity contribution >= 4 is 52.8 Å². The molecule has 7 aromatic carbocycles. The Morgan fingerprint density at radius 3 is 1.83 bits per heavy atom. The number of fused-ring (bicyclic) bond motifs is 10. The normalized spacial score (nSPS) is 14.5. The van der Waals surface area contributed by atoms with Gasteiger partial charge in [0.15, 0.2) is 0 Å². The molecule has 3 nitrogen and oxygen atoms in total. The molecule has 1 aliphatic heterocycles. The van der Waals surface area contributed by atoms with Gasteiger partial charge in [0.25, 0.3) is 0 Å². The summed E-state index contributed by atoms with van der Waals surface area (Å²) >= 11 is -3.73. The maximum atomic E-state index is 5.77. The van der Waals surface area contributed by atoms with Gasteiger partial charge in [-0.05, 0) is 0 Å². The van der Waals surface area contributed by atoms with E-state index in [0.717, 1.165) is 28.3 Å². The molecule has 0 saturated heterocycles. The summed E-state index contributed by atoms with van der Waals surface area (Å²) in [5, 5.41) is 2.47. The van der Waals surface area contributed by atoms with E-state index in [4.69, 9.17) is 9.97 Å². The Hall–Kier alpha value is -6.04. The molecular formula is C49H35GeN3. The molecule has 0 amide bonds. The van der Waals surface area contributed by atoms with Crippen LogP contribution in [0.3, 0.4) is 0 Å². The zero-order chi connectivity index (χ0) is 35.3. The molecule has 2 aromatic heterocycles. The van der Waals surface area contributed by atoms with Crippen molar-refractivity contribution in [3.05, 3.63) is 187 Å². The minimum absolute atomic E-state index is 0.137. The standard InChI is InChI=1S/C49H35GeN3/c1-49(2)39-27-15-12-25-37(39)43-40(49)31-30-36-35-24-14-17-29-42(35)53(45(36)43)48-44-38-26-13-16-28-41(38)50(33-20-8-4-9-21-33,34-22-10-5-11-23-34)46(44)51-47(52-48)32-18-6-3-7-19-32/h3-31H,1-2H3. The van der Waals surface area contributed by atoms with Crippen LogP contribution in [0.1, 0.15) is 25.0 Å². The van der Waals surface area contributed by atoms with Crippen molar-refractivity contribution in [2.45, 2.75) is 19.3 Å². The Bertz CT molecular complexity index is 2870. The summed E-state index contributed by atoms with van der Waals surface area (Å²) < 4.78 is 7.82. The number of rotatable bonds is 4. The van der Waals surface area contributed by atoms with Crippen molar-refractivity contribution < 1.29 is 0 Å². The first-order valence-corrected chi connectivity index (χ1v) is 22.6. The molecule has 0 saturated carbocycles. The summed E-state index contributed by atoms with van der Waals surface area (Å²) in [7, 11) is 0. The minimum atomic E-state index is -3.73. The molecule has 4 heteroatoms. The van der Waals surface area contributed by atoms with Crippen LogP contribution < -0.4 is 17.7 Å². The fraction of sp³-hybridized carbons (Fsp3) is 0.0612. The first-order valence-electron chi connectivity index (χ1n) is 18.4. The molecular weight excluding hydrogens is 703 g/mol. The number of hydrogen-bond acceptors (Lipinski definition) is 2. The second-order valence-corrected chi connectivity index (χ2v) is 22.6. The molecule has 9 aromatic rings. The third kappa shape index (κ3) is 4.06. The Labute approximate surface area is 311 Å². The predicted octanol–water partition coefficient (Wildman–Crippen LogP) is 8.90. The van der Waals surface area contributed by atoms with Gasteiger partial charge in [0.1, 0.15) is 0 Å². The molecule has 0 fully saturated rings. The summed E-state index contributed by atoms with van der Waals surface area (Å²) in [6.07, 6.45) is 0. The molecule has 3 heterocycles. The Morgan fingerprint density at radius 2 is 1.09 bits per heavy atom. The quantitative estimate of drug-likeness (QED) is 0.169. The van der Waals surface area contributed by atoms with E-state index in [1.807, 2.05) is 0 Å². The molecule has 2 aliphatic rings. The van der Waals surface area contributed by atoms with Crippen LogP contribution >= 0.6 is 0 Å². The second-order valence-electron chi connectivity index (χ2n) is 14.9. The van der Waals surface area contributed by atoms with Gasteiger partial charge in [0, 0.05) is 0 Å². The number of aromatic nitrogens is 3. The molecule has 11 rings (SSSR count). The summed E-state index contributed by atoms with van der Waals surface area (Å²) in [5.41, 5.74) is 11.0. The van der Waals surface area contributed by atoms with Gasteiger partial charge in [-0.1, -0.05) is 0 Å². The SMILES string of the molecule is CC1(C)c2ccccc2-c2c1ccc1c3ccccc3n(-c3nc(-c4ccccc4)n[c]4c3-c3cccc[c]3[Ge]4([c]3ccccc3)[c]3ccccc3)c21. The van der Waals surface area contributed by atoms with Crippen LogP contribution in [-0.2, 0) is 5.41 Å². The van der Waals surface area contributed by atoms with Crippen LogP contribution in [0.2, 0.25) is 0 Å². The van der Waals surface area contributed by atoms with Crippen LogP contribution in [0.4, 0.5) is 0 Å². The second kappa shape index (κ2) is 11.2. The van der Waals surface area contributed by atoms with E-state index in [1.165, 1.54) is 61.8 Å². The monoisotopic (exact) mass is 739 g/mol. The zero-order valence-corrected chi connectivity index (χ0v) is 31.7. The van der Waals surface area contributed by atoms with Gasteiger partial charge < -0.3 is 0 Å². The number of nitrogens with zero attached hydrogens (tertiary/aromatic N) is 3. The third-order valence-electron chi connectivity index (χ3n) is 11.9. The van der Waals surface area contributed by atoms with E-state index >= 15 is 0 Å². The number of hydrogen-bond donors (Lipinski definition) is 0. The molecule has 0 atom stereocenters. The van der Waals surface area contributed by atoms with Gasteiger partial charge in [0.05, 0.1) is 0 Å². The summed E-state index contributed by atoms with van der Waals surface area (Å²) in [5.74, 6) is 1.70. The fourth-order valence-electron chi connectivity index (χ4n) is 9.59. The molecule has 0 radical (unpaired) electrons. The Balaban J connectivity index is 1.37. The van der Waals surface area contributed by atoms with E-state index in [2.05, 4.69) is 194 Å². The molecule has 0 bridgehead atoms. The molecule has 0 unspecified atom stereocenters. The van der Waals surface area contributed by atoms with Crippen LogP contribution in [0.15, 0.2) is 176 Å². The zero-order valence-electron chi connectivity index (χ0n) is 29.6. The van der Waals surface area contributed by atoms with Crippen molar-refractivity contribution in [3.8, 4) is 39.5 Å². The summed E-state index contributed by atoms with van der Waals surface area (Å²) in [6.45, 7) is 4.73. The summed E-state index contributed by atoms with van der Waals surface area (Å²) in [6, 6.07) is 64.6. The average Bonchev–Trinajstić information content (AvgIpc) is 3.80. The van der Waals surface area contributed by atoms with Crippen LogP contribution in [0.25, 0.3) is 61.3 Å². The van der Waals surface area contributed by atoms with Gasteiger partial charge in [-0.3, -0.25) is 0 Å². The van der Waals surface area contributed by atoms with Gasteiger partial charge in [-0.2, -0.15) is 0 Å². The van der Waals surface area contributed by atoms with Crippen molar-refractivity contribution in [2.24, 2.45) is 0 Å². The van der Waals surface area contributed by atoms with E-state index in [1.54, 1.807) is 0 Å². The summed E-state index contributed by atoms with van der Waals surface area (Å²) in [4.78, 5) is 11.5. The van der Waals surface area contributed by atoms with Gasteiger partial charge in [-0.15, -0.1) is 0 Å². The van der Waals surface area contributed by atoms with E-state index in [-0.39, 0.29) is 5.41 Å². The van der Waals surface area contributed by atoms with Crippen LogP contribution in [0.5, 0.6) is 0 Å². The van der Waals surface area contributed by atoms with E-state index in [9.17, 15) is 0 Å². The molecule has 0 spiro atoms. The van der Waals surface area contributed by atoms with Gasteiger partial charge in [0.2, 0.25) is 0 Å². The fourth-order valence-corrected chi connectivity index (χ4v) is 20.1. The molecule has 250 valence electrons. The maximum absolute atomic E-state index is 5.77. The first kappa shape index (κ1) is 30.6. The molecule has 1 aliphatic carbocycles. The molecule has 0 N–H and O–H groups in total. The first-order chi connectivity index (χ1) is 26.1. The van der Waals surface area contributed by atoms with Crippen LogP contribution in [-0.4, -0.2) is 27.8 Å².